The Labute approximate surface area is 149 Å². The molecule has 5 nitrogen and oxygen atoms in total. The highest BCUT2D eigenvalue weighted by Gasteiger charge is 2.31. The molecule has 1 saturated heterocycles. The second-order valence-corrected chi connectivity index (χ2v) is 6.31. The number of anilines is 2. The van der Waals surface area contributed by atoms with Crippen molar-refractivity contribution in [3.05, 3.63) is 58.6 Å². The number of nitrogens with zero attached hydrogens (tertiary/aromatic N) is 1. The van der Waals surface area contributed by atoms with Gasteiger partial charge in [-0.1, -0.05) is 41.4 Å². The molecule has 2 aromatic rings. The Balaban J connectivity index is 1.62. The molecule has 0 radical (unpaired) electrons. The van der Waals surface area contributed by atoms with Crippen molar-refractivity contribution in [2.45, 2.75) is 12.5 Å². The molecule has 3 rings (SSSR count). The van der Waals surface area contributed by atoms with Gasteiger partial charge in [0.15, 0.2) is 0 Å². The molecule has 0 aromatic heterocycles. The maximum atomic E-state index is 12.2. The van der Waals surface area contributed by atoms with Gasteiger partial charge in [-0.05, 0) is 30.3 Å². The first-order chi connectivity index (χ1) is 11.5. The van der Waals surface area contributed by atoms with Crippen molar-refractivity contribution >= 4 is 46.5 Å². The summed E-state index contributed by atoms with van der Waals surface area (Å²) < 4.78 is 0. The van der Waals surface area contributed by atoms with E-state index in [4.69, 9.17) is 23.2 Å². The summed E-state index contributed by atoms with van der Waals surface area (Å²) in [6, 6.07) is 13.4. The number of carbonyl (C=O) groups is 2. The lowest BCUT2D eigenvalue weighted by Crippen LogP contribution is -2.39. The molecule has 2 N–H and O–H groups in total. The van der Waals surface area contributed by atoms with Gasteiger partial charge >= 0.3 is 6.03 Å². The van der Waals surface area contributed by atoms with Crippen molar-refractivity contribution in [2.75, 3.05) is 16.8 Å². The van der Waals surface area contributed by atoms with Gasteiger partial charge in [-0.3, -0.25) is 4.79 Å². The van der Waals surface area contributed by atoms with E-state index in [1.54, 1.807) is 47.4 Å². The van der Waals surface area contributed by atoms with Gasteiger partial charge in [0, 0.05) is 23.7 Å². The third-order valence-electron chi connectivity index (χ3n) is 3.70. The summed E-state index contributed by atoms with van der Waals surface area (Å²) in [5.74, 6) is -0.0553. The maximum absolute atomic E-state index is 12.2. The molecular formula is C17H15Cl2N3O2. The number of para-hydroxylation sites is 1. The van der Waals surface area contributed by atoms with Crippen LogP contribution in [0.4, 0.5) is 16.2 Å². The molecule has 24 heavy (non-hydrogen) atoms. The Morgan fingerprint density at radius 2 is 1.92 bits per heavy atom. The molecule has 0 saturated carbocycles. The summed E-state index contributed by atoms with van der Waals surface area (Å²) in [6.45, 7) is 0.398. The highest BCUT2D eigenvalue weighted by atomic mass is 35.5. The van der Waals surface area contributed by atoms with Crippen LogP contribution in [-0.2, 0) is 4.79 Å². The van der Waals surface area contributed by atoms with E-state index >= 15 is 0 Å². The summed E-state index contributed by atoms with van der Waals surface area (Å²) >= 11 is 12.0. The summed E-state index contributed by atoms with van der Waals surface area (Å²) in [5.41, 5.74) is 1.25. The normalized spacial score (nSPS) is 17.0. The number of hydrogen-bond donors (Lipinski definition) is 2. The number of amides is 3. The Kier molecular flexibility index (Phi) is 4.92. The standard InChI is InChI=1S/C17H15Cl2N3O2/c18-11-4-3-5-13(8-11)22-10-12(9-16(22)23)20-17(24)21-15-7-2-1-6-14(15)19/h1-8,12H,9-10H2,(H2,20,21,24). The molecule has 1 fully saturated rings. The van der Waals surface area contributed by atoms with Gasteiger partial charge in [-0.15, -0.1) is 0 Å². The summed E-state index contributed by atoms with van der Waals surface area (Å²) in [4.78, 5) is 25.9. The van der Waals surface area contributed by atoms with Gasteiger partial charge in [0.05, 0.1) is 16.8 Å². The number of nitrogens with one attached hydrogen (secondary N) is 2. The number of hydrogen-bond acceptors (Lipinski definition) is 2. The highest BCUT2D eigenvalue weighted by molar-refractivity contribution is 6.33. The molecule has 0 bridgehead atoms. The first-order valence-electron chi connectivity index (χ1n) is 7.41. The Hall–Kier alpha value is -2.24. The van der Waals surface area contributed by atoms with E-state index in [0.717, 1.165) is 5.69 Å². The Morgan fingerprint density at radius 1 is 1.12 bits per heavy atom. The predicted molar refractivity (Wildman–Crippen MR) is 95.8 cm³/mol. The van der Waals surface area contributed by atoms with Crippen LogP contribution in [0.1, 0.15) is 6.42 Å². The molecule has 1 aliphatic rings. The Bertz CT molecular complexity index is 782. The number of halogens is 2. The molecule has 7 heteroatoms. The second kappa shape index (κ2) is 7.11. The SMILES string of the molecule is O=C(Nc1ccccc1Cl)NC1CC(=O)N(c2cccc(Cl)c2)C1. The van der Waals surface area contributed by atoms with Crippen molar-refractivity contribution in [2.24, 2.45) is 0 Å². The topological polar surface area (TPSA) is 61.4 Å². The molecule has 0 spiro atoms. The van der Waals surface area contributed by atoms with Gasteiger partial charge < -0.3 is 15.5 Å². The van der Waals surface area contributed by atoms with Crippen LogP contribution in [0.5, 0.6) is 0 Å². The van der Waals surface area contributed by atoms with E-state index < -0.39 is 6.03 Å². The lowest BCUT2D eigenvalue weighted by Gasteiger charge is -2.17. The number of urea groups is 1. The van der Waals surface area contributed by atoms with E-state index in [9.17, 15) is 9.59 Å². The first-order valence-corrected chi connectivity index (χ1v) is 8.16. The van der Waals surface area contributed by atoms with Crippen molar-refractivity contribution in [1.82, 2.24) is 5.32 Å². The summed E-state index contributed by atoms with van der Waals surface area (Å²) in [5, 5.41) is 6.50. The molecular weight excluding hydrogens is 349 g/mol. The van der Waals surface area contributed by atoms with Crippen LogP contribution in [0.2, 0.25) is 10.0 Å². The van der Waals surface area contributed by atoms with Crippen molar-refractivity contribution in [3.63, 3.8) is 0 Å². The quantitative estimate of drug-likeness (QED) is 0.867. The second-order valence-electron chi connectivity index (χ2n) is 5.46. The van der Waals surface area contributed by atoms with E-state index in [-0.39, 0.29) is 18.4 Å². The van der Waals surface area contributed by atoms with Crippen molar-refractivity contribution in [3.8, 4) is 0 Å². The van der Waals surface area contributed by atoms with Crippen LogP contribution in [0.15, 0.2) is 48.5 Å². The monoisotopic (exact) mass is 363 g/mol. The zero-order chi connectivity index (χ0) is 17.1. The van der Waals surface area contributed by atoms with Crippen molar-refractivity contribution < 1.29 is 9.59 Å². The molecule has 124 valence electrons. The Morgan fingerprint density at radius 3 is 2.67 bits per heavy atom. The van der Waals surface area contributed by atoms with Crippen LogP contribution in [-0.4, -0.2) is 24.5 Å². The summed E-state index contributed by atoms with van der Waals surface area (Å²) in [7, 11) is 0. The van der Waals surface area contributed by atoms with E-state index in [1.807, 2.05) is 6.07 Å². The zero-order valence-electron chi connectivity index (χ0n) is 12.6. The fourth-order valence-electron chi connectivity index (χ4n) is 2.60. The predicted octanol–water partition coefficient (Wildman–Crippen LogP) is 3.92. The van der Waals surface area contributed by atoms with Gasteiger partial charge in [0.1, 0.15) is 0 Å². The lowest BCUT2D eigenvalue weighted by atomic mass is 10.2. The zero-order valence-corrected chi connectivity index (χ0v) is 14.1. The molecule has 0 aliphatic carbocycles. The highest BCUT2D eigenvalue weighted by Crippen LogP contribution is 2.25. The average molecular weight is 364 g/mol. The minimum absolute atomic E-state index is 0.0553. The first kappa shape index (κ1) is 16.6. The number of benzene rings is 2. The third-order valence-corrected chi connectivity index (χ3v) is 4.27. The van der Waals surface area contributed by atoms with E-state index in [1.165, 1.54) is 0 Å². The van der Waals surface area contributed by atoms with Crippen LogP contribution >= 0.6 is 23.2 Å². The number of carbonyl (C=O) groups excluding carboxylic acids is 2. The smallest absolute Gasteiger partial charge is 0.319 e. The van der Waals surface area contributed by atoms with E-state index in [2.05, 4.69) is 10.6 Å². The van der Waals surface area contributed by atoms with Gasteiger partial charge in [-0.2, -0.15) is 0 Å². The average Bonchev–Trinajstić information content (AvgIpc) is 2.90. The van der Waals surface area contributed by atoms with Crippen LogP contribution in [0, 0.1) is 0 Å². The van der Waals surface area contributed by atoms with Crippen molar-refractivity contribution in [1.29, 1.82) is 0 Å². The van der Waals surface area contributed by atoms with E-state index in [0.29, 0.717) is 22.3 Å². The minimum atomic E-state index is -0.395. The van der Waals surface area contributed by atoms with Crippen LogP contribution in [0.25, 0.3) is 0 Å². The fourth-order valence-corrected chi connectivity index (χ4v) is 2.97. The third kappa shape index (κ3) is 3.80. The van der Waals surface area contributed by atoms with Crippen LogP contribution in [0.3, 0.4) is 0 Å². The molecule has 1 aliphatic heterocycles. The van der Waals surface area contributed by atoms with Gasteiger partial charge in [0.2, 0.25) is 5.91 Å². The minimum Gasteiger partial charge on any atom is -0.333 e. The molecule has 1 unspecified atom stereocenters. The molecule has 2 aromatic carbocycles. The molecule has 1 atom stereocenters. The fraction of sp³-hybridized carbons (Fsp3) is 0.176. The van der Waals surface area contributed by atoms with Crippen LogP contribution < -0.4 is 15.5 Å². The van der Waals surface area contributed by atoms with Gasteiger partial charge in [0.25, 0.3) is 0 Å². The molecule has 1 heterocycles. The summed E-state index contributed by atoms with van der Waals surface area (Å²) in [6.07, 6.45) is 0.239. The lowest BCUT2D eigenvalue weighted by molar-refractivity contribution is -0.117. The largest absolute Gasteiger partial charge is 0.333 e. The van der Waals surface area contributed by atoms with Gasteiger partial charge in [-0.25, -0.2) is 4.79 Å². The maximum Gasteiger partial charge on any atom is 0.319 e. The number of rotatable bonds is 3. The molecule has 3 amide bonds.